The van der Waals surface area contributed by atoms with Crippen molar-refractivity contribution < 1.29 is 19.1 Å². The summed E-state index contributed by atoms with van der Waals surface area (Å²) in [6, 6.07) is 3.76. The van der Waals surface area contributed by atoms with Crippen molar-refractivity contribution >= 4 is 5.97 Å². The van der Waals surface area contributed by atoms with Crippen LogP contribution in [0.25, 0.3) is 0 Å². The fourth-order valence-electron chi connectivity index (χ4n) is 2.91. The molecule has 19 heavy (non-hydrogen) atoms. The third-order valence-corrected chi connectivity index (χ3v) is 3.90. The van der Waals surface area contributed by atoms with Gasteiger partial charge in [0.2, 0.25) is 0 Å². The van der Waals surface area contributed by atoms with Crippen molar-refractivity contribution in [1.82, 2.24) is 0 Å². The number of fused-ring (bicyclic) bond motifs is 1. The Labute approximate surface area is 112 Å². The molecule has 5 heteroatoms. The molecule has 2 atom stereocenters. The van der Waals surface area contributed by atoms with E-state index < -0.39 is 0 Å². The standard InChI is InChI=1S/C14H19NO4/c1-8-9(14(16)19-15)4-5-10-11(17-2)6-7-12(18-3)13(8)10/h6-9H,4-5,15H2,1-3H3. The van der Waals surface area contributed by atoms with Crippen molar-refractivity contribution in [3.8, 4) is 11.5 Å². The van der Waals surface area contributed by atoms with Gasteiger partial charge >= 0.3 is 5.97 Å². The first kappa shape index (κ1) is 13.7. The second-order valence-electron chi connectivity index (χ2n) is 4.73. The Balaban J connectivity index is 2.49. The maximum Gasteiger partial charge on any atom is 0.328 e. The lowest BCUT2D eigenvalue weighted by atomic mass is 9.75. The number of ether oxygens (including phenoxy) is 2. The molecule has 0 aliphatic heterocycles. The molecule has 104 valence electrons. The predicted molar refractivity (Wildman–Crippen MR) is 70.1 cm³/mol. The monoisotopic (exact) mass is 265 g/mol. The smallest absolute Gasteiger partial charge is 0.328 e. The van der Waals surface area contributed by atoms with Gasteiger partial charge in [-0.15, -0.1) is 0 Å². The normalized spacial score (nSPS) is 21.5. The van der Waals surface area contributed by atoms with E-state index in [2.05, 4.69) is 4.84 Å². The molecule has 1 aromatic carbocycles. The molecule has 0 saturated carbocycles. The molecule has 0 radical (unpaired) electrons. The number of hydrogen-bond acceptors (Lipinski definition) is 5. The summed E-state index contributed by atoms with van der Waals surface area (Å²) in [6.45, 7) is 1.99. The highest BCUT2D eigenvalue weighted by Gasteiger charge is 2.36. The quantitative estimate of drug-likeness (QED) is 0.844. The van der Waals surface area contributed by atoms with Crippen LogP contribution in [0.3, 0.4) is 0 Å². The Morgan fingerprint density at radius 3 is 2.47 bits per heavy atom. The zero-order valence-electron chi connectivity index (χ0n) is 11.4. The van der Waals surface area contributed by atoms with Crippen molar-refractivity contribution in [2.45, 2.75) is 25.7 Å². The minimum absolute atomic E-state index is 0.00940. The molecular weight excluding hydrogens is 246 g/mol. The summed E-state index contributed by atoms with van der Waals surface area (Å²) in [5, 5.41) is 0. The minimum atomic E-state index is -0.372. The van der Waals surface area contributed by atoms with E-state index in [-0.39, 0.29) is 17.8 Å². The van der Waals surface area contributed by atoms with E-state index in [9.17, 15) is 4.79 Å². The summed E-state index contributed by atoms with van der Waals surface area (Å²) < 4.78 is 10.8. The Kier molecular flexibility index (Phi) is 3.95. The van der Waals surface area contributed by atoms with E-state index in [1.54, 1.807) is 14.2 Å². The van der Waals surface area contributed by atoms with Crippen molar-refractivity contribution in [3.63, 3.8) is 0 Å². The molecule has 1 aliphatic carbocycles. The van der Waals surface area contributed by atoms with E-state index in [1.165, 1.54) is 0 Å². The number of rotatable bonds is 3. The summed E-state index contributed by atoms with van der Waals surface area (Å²) in [5.74, 6) is 6.00. The average Bonchev–Trinajstić information content (AvgIpc) is 2.45. The van der Waals surface area contributed by atoms with Gasteiger partial charge in [-0.25, -0.2) is 0 Å². The number of benzene rings is 1. The number of hydrogen-bond donors (Lipinski definition) is 1. The molecule has 0 heterocycles. The molecule has 0 fully saturated rings. The second-order valence-corrected chi connectivity index (χ2v) is 4.73. The number of nitrogens with two attached hydrogens (primary N) is 1. The summed E-state index contributed by atoms with van der Waals surface area (Å²) in [5.41, 5.74) is 2.12. The molecule has 1 aromatic rings. The van der Waals surface area contributed by atoms with Gasteiger partial charge in [-0.05, 0) is 30.9 Å². The molecule has 0 spiro atoms. The van der Waals surface area contributed by atoms with Crippen LogP contribution in [0.5, 0.6) is 11.5 Å². The van der Waals surface area contributed by atoms with Crippen LogP contribution in [0.15, 0.2) is 12.1 Å². The first-order valence-electron chi connectivity index (χ1n) is 6.28. The zero-order valence-corrected chi connectivity index (χ0v) is 11.4. The van der Waals surface area contributed by atoms with Gasteiger partial charge in [0.15, 0.2) is 0 Å². The summed E-state index contributed by atoms with van der Waals surface area (Å²) in [6.07, 6.45) is 1.45. The highest BCUT2D eigenvalue weighted by Crippen LogP contribution is 2.44. The third-order valence-electron chi connectivity index (χ3n) is 3.90. The lowest BCUT2D eigenvalue weighted by molar-refractivity contribution is -0.150. The predicted octanol–water partition coefficient (Wildman–Crippen LogP) is 1.79. The highest BCUT2D eigenvalue weighted by molar-refractivity contribution is 5.74. The fraction of sp³-hybridized carbons (Fsp3) is 0.500. The number of carbonyl (C=O) groups is 1. The lowest BCUT2D eigenvalue weighted by Crippen LogP contribution is -2.30. The molecule has 2 N–H and O–H groups in total. The summed E-state index contributed by atoms with van der Waals surface area (Å²) in [4.78, 5) is 16.1. The van der Waals surface area contributed by atoms with E-state index in [1.807, 2.05) is 19.1 Å². The molecule has 0 amide bonds. The van der Waals surface area contributed by atoms with Crippen LogP contribution in [0, 0.1) is 5.92 Å². The van der Waals surface area contributed by atoms with Crippen LogP contribution in [-0.2, 0) is 16.1 Å². The van der Waals surface area contributed by atoms with Gasteiger partial charge in [-0.2, -0.15) is 5.90 Å². The first-order valence-corrected chi connectivity index (χ1v) is 6.28. The summed E-state index contributed by atoms with van der Waals surface area (Å²) >= 11 is 0. The minimum Gasteiger partial charge on any atom is -0.496 e. The van der Waals surface area contributed by atoms with Gasteiger partial charge < -0.3 is 14.3 Å². The molecule has 5 nitrogen and oxygen atoms in total. The topological polar surface area (TPSA) is 70.8 Å². The molecular formula is C14H19NO4. The molecule has 2 rings (SSSR count). The lowest BCUT2D eigenvalue weighted by Gasteiger charge is -2.31. The van der Waals surface area contributed by atoms with Crippen LogP contribution >= 0.6 is 0 Å². The van der Waals surface area contributed by atoms with E-state index in [0.717, 1.165) is 29.0 Å². The molecule has 0 saturated heterocycles. The van der Waals surface area contributed by atoms with Gasteiger partial charge in [0, 0.05) is 11.1 Å². The van der Waals surface area contributed by atoms with Crippen molar-refractivity contribution in [3.05, 3.63) is 23.3 Å². The van der Waals surface area contributed by atoms with Crippen molar-refractivity contribution in [1.29, 1.82) is 0 Å². The third kappa shape index (κ3) is 2.26. The van der Waals surface area contributed by atoms with Crippen molar-refractivity contribution in [2.24, 2.45) is 11.8 Å². The van der Waals surface area contributed by atoms with E-state index >= 15 is 0 Å². The van der Waals surface area contributed by atoms with Crippen molar-refractivity contribution in [2.75, 3.05) is 14.2 Å². The van der Waals surface area contributed by atoms with Gasteiger partial charge in [-0.1, -0.05) is 6.92 Å². The molecule has 0 bridgehead atoms. The van der Waals surface area contributed by atoms with E-state index in [4.69, 9.17) is 15.4 Å². The molecule has 0 aromatic heterocycles. The second kappa shape index (κ2) is 5.48. The maximum atomic E-state index is 11.7. The Morgan fingerprint density at radius 1 is 1.26 bits per heavy atom. The Morgan fingerprint density at radius 2 is 1.89 bits per heavy atom. The number of carbonyl (C=O) groups excluding carboxylic acids is 1. The van der Waals surface area contributed by atoms with Gasteiger partial charge in [0.1, 0.15) is 11.5 Å². The molecule has 2 unspecified atom stereocenters. The van der Waals surface area contributed by atoms with Crippen LogP contribution in [0.2, 0.25) is 0 Å². The first-order chi connectivity index (χ1) is 9.13. The highest BCUT2D eigenvalue weighted by atomic mass is 16.7. The maximum absolute atomic E-state index is 11.7. The van der Waals surface area contributed by atoms with E-state index in [0.29, 0.717) is 6.42 Å². The largest absolute Gasteiger partial charge is 0.496 e. The number of methoxy groups -OCH3 is 2. The van der Waals surface area contributed by atoms with Crippen LogP contribution in [0.4, 0.5) is 0 Å². The summed E-state index contributed by atoms with van der Waals surface area (Å²) in [7, 11) is 3.27. The van der Waals surface area contributed by atoms with Gasteiger partial charge in [-0.3, -0.25) is 4.79 Å². The van der Waals surface area contributed by atoms with Crippen LogP contribution < -0.4 is 15.4 Å². The fourth-order valence-corrected chi connectivity index (χ4v) is 2.91. The van der Waals surface area contributed by atoms with Gasteiger partial charge in [0.25, 0.3) is 0 Å². The zero-order chi connectivity index (χ0) is 14.0. The van der Waals surface area contributed by atoms with Gasteiger partial charge in [0.05, 0.1) is 20.1 Å². The van der Waals surface area contributed by atoms with Crippen LogP contribution in [-0.4, -0.2) is 20.2 Å². The Hall–Kier alpha value is -1.75. The Bertz CT molecular complexity index is 487. The molecule has 1 aliphatic rings. The van der Waals surface area contributed by atoms with Crippen LogP contribution in [0.1, 0.15) is 30.4 Å². The average molecular weight is 265 g/mol. The SMILES string of the molecule is COc1ccc(OC)c2c1CCC(C(=O)ON)C2C.